The molecule has 2 atom stereocenters. The van der Waals surface area contributed by atoms with Crippen LogP contribution in [0, 0.1) is 17.0 Å². The number of anilines is 1. The van der Waals surface area contributed by atoms with Crippen LogP contribution in [0.3, 0.4) is 0 Å². The van der Waals surface area contributed by atoms with Gasteiger partial charge in [0.1, 0.15) is 11.9 Å². The van der Waals surface area contributed by atoms with Crippen LogP contribution in [-0.2, 0) is 0 Å². The van der Waals surface area contributed by atoms with Gasteiger partial charge in [0, 0.05) is 51.9 Å². The molecule has 0 spiro atoms. The SMILES string of the molecule is Cc1ccc(-n2cccc2C2C(c3ccccn3)NC(=S)N2c2ccc(Sc3ccc([N+](=O)[O-])cc3)cc2)nc1. The Kier molecular flexibility index (Phi) is 7.02. The number of nitro benzene ring substituents is 1. The zero-order valence-corrected chi connectivity index (χ0v) is 23.0. The van der Waals surface area contributed by atoms with Gasteiger partial charge >= 0.3 is 0 Å². The molecule has 1 aliphatic heterocycles. The number of hydrogen-bond donors (Lipinski definition) is 1. The van der Waals surface area contributed by atoms with E-state index >= 15 is 0 Å². The number of hydrogen-bond acceptors (Lipinski definition) is 6. The highest BCUT2D eigenvalue weighted by Gasteiger charge is 2.42. The van der Waals surface area contributed by atoms with Gasteiger partial charge in [-0.2, -0.15) is 0 Å². The quantitative estimate of drug-likeness (QED) is 0.131. The van der Waals surface area contributed by atoms with E-state index in [-0.39, 0.29) is 17.8 Å². The highest BCUT2D eigenvalue weighted by molar-refractivity contribution is 7.99. The topological polar surface area (TPSA) is 89.1 Å². The number of thiocarbonyl (C=S) groups is 1. The van der Waals surface area contributed by atoms with Gasteiger partial charge < -0.3 is 14.8 Å². The van der Waals surface area contributed by atoms with E-state index in [1.807, 2.05) is 73.9 Å². The van der Waals surface area contributed by atoms with E-state index in [0.717, 1.165) is 38.2 Å². The van der Waals surface area contributed by atoms with E-state index in [4.69, 9.17) is 12.2 Å². The number of pyridine rings is 2. The molecular weight excluding hydrogens is 541 g/mol. The first-order valence-electron chi connectivity index (χ1n) is 12.6. The van der Waals surface area contributed by atoms with Gasteiger partial charge in [0.05, 0.1) is 16.7 Å². The molecule has 2 aromatic carbocycles. The Morgan fingerprint density at radius 1 is 0.925 bits per heavy atom. The summed E-state index contributed by atoms with van der Waals surface area (Å²) in [7, 11) is 0. The highest BCUT2D eigenvalue weighted by atomic mass is 32.2. The van der Waals surface area contributed by atoms with Crippen molar-refractivity contribution in [1.82, 2.24) is 19.9 Å². The second-order valence-electron chi connectivity index (χ2n) is 9.34. The summed E-state index contributed by atoms with van der Waals surface area (Å²) >= 11 is 7.45. The molecule has 1 aliphatic rings. The van der Waals surface area contributed by atoms with Crippen LogP contribution in [0.5, 0.6) is 0 Å². The van der Waals surface area contributed by atoms with Crippen molar-refractivity contribution in [2.45, 2.75) is 28.8 Å². The van der Waals surface area contributed by atoms with Crippen molar-refractivity contribution < 1.29 is 4.92 Å². The first-order valence-corrected chi connectivity index (χ1v) is 13.8. The predicted molar refractivity (Wildman–Crippen MR) is 160 cm³/mol. The Morgan fingerprint density at radius 2 is 1.68 bits per heavy atom. The number of nitro groups is 1. The Balaban J connectivity index is 1.35. The highest BCUT2D eigenvalue weighted by Crippen LogP contribution is 2.42. The second-order valence-corrected chi connectivity index (χ2v) is 10.9. The van der Waals surface area contributed by atoms with Crippen molar-refractivity contribution in [3.05, 3.63) is 137 Å². The number of aromatic nitrogens is 3. The molecule has 0 saturated carbocycles. The molecule has 1 saturated heterocycles. The van der Waals surface area contributed by atoms with Crippen LogP contribution in [0.25, 0.3) is 5.82 Å². The van der Waals surface area contributed by atoms with Gasteiger partial charge in [0.2, 0.25) is 0 Å². The standard InChI is InChI=1S/C30H24N6O2S2/c1-20-7-16-27(32-19-20)34-18-4-6-26(34)29-28(25-5-2-3-17-31-25)33-30(39)35(29)21-8-12-23(13-9-21)40-24-14-10-22(11-15-24)36(37)38/h2-19,28-29H,1H3,(H,33,39). The summed E-state index contributed by atoms with van der Waals surface area (Å²) in [6.45, 7) is 2.02. The Hall–Kier alpha value is -4.54. The van der Waals surface area contributed by atoms with Gasteiger partial charge in [-0.05, 0) is 91.4 Å². The molecule has 1 fully saturated rings. The number of nitrogens with one attached hydrogen (secondary N) is 1. The van der Waals surface area contributed by atoms with Gasteiger partial charge in [0.15, 0.2) is 5.11 Å². The van der Waals surface area contributed by atoms with Crippen LogP contribution in [-0.4, -0.2) is 24.6 Å². The maximum absolute atomic E-state index is 11.0. The molecule has 6 rings (SSSR count). The lowest BCUT2D eigenvalue weighted by Gasteiger charge is -2.29. The number of benzene rings is 2. The van der Waals surface area contributed by atoms with Crippen molar-refractivity contribution >= 4 is 40.5 Å². The van der Waals surface area contributed by atoms with E-state index in [1.54, 1.807) is 30.1 Å². The number of nitrogens with zero attached hydrogens (tertiary/aromatic N) is 5. The zero-order valence-electron chi connectivity index (χ0n) is 21.4. The van der Waals surface area contributed by atoms with Crippen LogP contribution in [0.4, 0.5) is 11.4 Å². The lowest BCUT2D eigenvalue weighted by molar-refractivity contribution is -0.384. The number of non-ortho nitro benzene ring substituents is 1. The van der Waals surface area contributed by atoms with Crippen LogP contribution in [0.15, 0.2) is 119 Å². The van der Waals surface area contributed by atoms with Crippen molar-refractivity contribution in [3.63, 3.8) is 0 Å². The van der Waals surface area contributed by atoms with Gasteiger partial charge in [0.25, 0.3) is 5.69 Å². The van der Waals surface area contributed by atoms with E-state index in [0.29, 0.717) is 5.11 Å². The second kappa shape index (κ2) is 10.9. The van der Waals surface area contributed by atoms with Gasteiger partial charge in [-0.1, -0.05) is 23.9 Å². The third kappa shape index (κ3) is 5.06. The Labute approximate surface area is 240 Å². The monoisotopic (exact) mass is 564 g/mol. The summed E-state index contributed by atoms with van der Waals surface area (Å²) in [5, 5.41) is 15.1. The van der Waals surface area contributed by atoms with E-state index < -0.39 is 4.92 Å². The van der Waals surface area contributed by atoms with E-state index in [2.05, 4.69) is 36.9 Å². The molecule has 40 heavy (non-hydrogen) atoms. The van der Waals surface area contributed by atoms with Gasteiger partial charge in [-0.15, -0.1) is 0 Å². The molecule has 0 amide bonds. The minimum absolute atomic E-state index is 0.0776. The molecular formula is C30H24N6O2S2. The van der Waals surface area contributed by atoms with Crippen molar-refractivity contribution in [1.29, 1.82) is 0 Å². The smallest absolute Gasteiger partial charge is 0.269 e. The first kappa shape index (κ1) is 25.7. The lowest BCUT2D eigenvalue weighted by atomic mass is 10.0. The molecule has 2 unspecified atom stereocenters. The molecule has 0 aliphatic carbocycles. The predicted octanol–water partition coefficient (Wildman–Crippen LogP) is 6.81. The molecule has 8 nitrogen and oxygen atoms in total. The van der Waals surface area contributed by atoms with Crippen molar-refractivity contribution in [2.24, 2.45) is 0 Å². The van der Waals surface area contributed by atoms with Crippen LogP contribution in [0.2, 0.25) is 0 Å². The summed E-state index contributed by atoms with van der Waals surface area (Å²) in [4.78, 5) is 24.0. The summed E-state index contributed by atoms with van der Waals surface area (Å²) < 4.78 is 2.10. The maximum Gasteiger partial charge on any atom is 0.269 e. The number of aryl methyl sites for hydroxylation is 1. The van der Waals surface area contributed by atoms with E-state index in [9.17, 15) is 10.1 Å². The molecule has 0 radical (unpaired) electrons. The fraction of sp³-hybridized carbons (Fsp3) is 0.100. The molecule has 0 bridgehead atoms. The fourth-order valence-corrected chi connectivity index (χ4v) is 5.99. The fourth-order valence-electron chi connectivity index (χ4n) is 4.83. The van der Waals surface area contributed by atoms with Gasteiger partial charge in [-0.25, -0.2) is 4.98 Å². The number of rotatable bonds is 7. The summed E-state index contributed by atoms with van der Waals surface area (Å²) in [5.74, 6) is 0.831. The molecule has 3 aromatic heterocycles. The zero-order chi connectivity index (χ0) is 27.6. The molecule has 1 N–H and O–H groups in total. The molecule has 198 valence electrons. The summed E-state index contributed by atoms with van der Waals surface area (Å²) in [6.07, 6.45) is 5.68. The Morgan fingerprint density at radius 3 is 2.33 bits per heavy atom. The van der Waals surface area contributed by atoms with Gasteiger partial charge in [-0.3, -0.25) is 15.1 Å². The third-order valence-corrected chi connectivity index (χ3v) is 8.05. The Bertz CT molecular complexity index is 1660. The summed E-state index contributed by atoms with van der Waals surface area (Å²) in [5.41, 5.74) is 4.05. The minimum atomic E-state index is -0.393. The normalized spacial score (nSPS) is 16.6. The molecule has 4 heterocycles. The largest absolute Gasteiger partial charge is 0.351 e. The third-order valence-electron chi connectivity index (χ3n) is 6.72. The van der Waals surface area contributed by atoms with Crippen LogP contribution in [0.1, 0.15) is 29.0 Å². The van der Waals surface area contributed by atoms with Crippen molar-refractivity contribution in [3.8, 4) is 5.82 Å². The average Bonchev–Trinajstić information content (AvgIpc) is 3.59. The maximum atomic E-state index is 11.0. The average molecular weight is 565 g/mol. The first-order chi connectivity index (χ1) is 19.5. The molecule has 10 heteroatoms. The van der Waals surface area contributed by atoms with Crippen molar-refractivity contribution in [2.75, 3.05) is 4.90 Å². The minimum Gasteiger partial charge on any atom is -0.351 e. The van der Waals surface area contributed by atoms with Crippen LogP contribution >= 0.6 is 24.0 Å². The van der Waals surface area contributed by atoms with Crippen LogP contribution < -0.4 is 10.2 Å². The lowest BCUT2D eigenvalue weighted by Crippen LogP contribution is -2.30. The summed E-state index contributed by atoms with van der Waals surface area (Å²) in [6, 6.07) is 28.5. The van der Waals surface area contributed by atoms with E-state index in [1.165, 1.54) is 12.1 Å². The molecule has 5 aromatic rings.